The number of anilines is 2. The number of hydrogen-bond donors (Lipinski definition) is 3. The van der Waals surface area contributed by atoms with Crippen molar-refractivity contribution in [3.05, 3.63) is 85.3 Å². The van der Waals surface area contributed by atoms with E-state index in [0.717, 1.165) is 10.5 Å². The van der Waals surface area contributed by atoms with Gasteiger partial charge in [-0.15, -0.1) is 11.8 Å². The minimum atomic E-state index is -1.49. The van der Waals surface area contributed by atoms with Crippen molar-refractivity contribution < 1.29 is 19.5 Å². The summed E-state index contributed by atoms with van der Waals surface area (Å²) in [5.41, 5.74) is 1.13. The van der Waals surface area contributed by atoms with Gasteiger partial charge in [0.25, 0.3) is 5.91 Å². The van der Waals surface area contributed by atoms with Gasteiger partial charge in [-0.05, 0) is 49.2 Å². The lowest BCUT2D eigenvalue weighted by Gasteiger charge is -2.16. The monoisotopic (exact) mass is 584 g/mol. The zero-order chi connectivity index (χ0) is 26.6. The second-order valence-electron chi connectivity index (χ2n) is 7.67. The first-order valence-electron chi connectivity index (χ1n) is 10.6. The van der Waals surface area contributed by atoms with Crippen LogP contribution in [0.1, 0.15) is 39.6 Å². The molecule has 3 aromatic rings. The minimum absolute atomic E-state index is 0.147. The van der Waals surface area contributed by atoms with E-state index >= 15 is 0 Å². The van der Waals surface area contributed by atoms with Gasteiger partial charge in [0, 0.05) is 16.3 Å². The molecular weight excluding hydrogens is 566 g/mol. The zero-order valence-corrected chi connectivity index (χ0v) is 22.8. The lowest BCUT2D eigenvalue weighted by Crippen LogP contribution is -2.24. The molecule has 36 heavy (non-hydrogen) atoms. The van der Waals surface area contributed by atoms with Crippen molar-refractivity contribution in [3.8, 4) is 0 Å². The molecule has 0 saturated carbocycles. The van der Waals surface area contributed by atoms with E-state index < -0.39 is 33.3 Å². The van der Waals surface area contributed by atoms with Crippen molar-refractivity contribution in [3.63, 3.8) is 0 Å². The summed E-state index contributed by atoms with van der Waals surface area (Å²) < 4.78 is 0. The van der Waals surface area contributed by atoms with Crippen LogP contribution in [0.25, 0.3) is 0 Å². The summed E-state index contributed by atoms with van der Waals surface area (Å²) >= 11 is 25.5. The highest BCUT2D eigenvalue weighted by atomic mass is 35.5. The van der Waals surface area contributed by atoms with Gasteiger partial charge >= 0.3 is 5.97 Å². The Hall–Kier alpha value is -2.42. The van der Waals surface area contributed by atoms with Crippen molar-refractivity contribution in [1.82, 2.24) is 0 Å². The van der Waals surface area contributed by atoms with E-state index in [1.54, 1.807) is 24.3 Å². The molecule has 0 spiro atoms. The number of benzene rings is 3. The van der Waals surface area contributed by atoms with Gasteiger partial charge in [-0.25, -0.2) is 4.79 Å². The van der Waals surface area contributed by atoms with Crippen LogP contribution in [0.5, 0.6) is 0 Å². The number of aromatic carboxylic acids is 1. The molecule has 0 bridgehead atoms. The molecule has 0 aliphatic heterocycles. The molecular formula is C25H20Cl4N2O4S. The van der Waals surface area contributed by atoms with E-state index in [9.17, 15) is 19.5 Å². The maximum Gasteiger partial charge on any atom is 0.338 e. The Morgan fingerprint density at radius 1 is 0.861 bits per heavy atom. The Morgan fingerprint density at radius 3 is 2.03 bits per heavy atom. The summed E-state index contributed by atoms with van der Waals surface area (Å²) in [5.74, 6) is -2.46. The van der Waals surface area contributed by atoms with Crippen molar-refractivity contribution in [1.29, 1.82) is 0 Å². The number of halogens is 4. The normalized spacial score (nSPS) is 11.6. The average molecular weight is 586 g/mol. The van der Waals surface area contributed by atoms with Gasteiger partial charge in [-0.2, -0.15) is 0 Å². The summed E-state index contributed by atoms with van der Waals surface area (Å²) in [6, 6.07) is 14.3. The second kappa shape index (κ2) is 12.2. The van der Waals surface area contributed by atoms with Crippen LogP contribution in [-0.4, -0.2) is 28.1 Å². The van der Waals surface area contributed by atoms with Crippen LogP contribution in [0.2, 0.25) is 20.1 Å². The summed E-state index contributed by atoms with van der Waals surface area (Å²) in [6.45, 7) is 3.85. The van der Waals surface area contributed by atoms with Crippen molar-refractivity contribution in [2.24, 2.45) is 0 Å². The molecule has 2 amide bonds. The molecule has 6 nitrogen and oxygen atoms in total. The van der Waals surface area contributed by atoms with Crippen LogP contribution in [0.15, 0.2) is 53.4 Å². The predicted molar refractivity (Wildman–Crippen MR) is 148 cm³/mol. The molecule has 0 aliphatic carbocycles. The number of carboxylic acids is 1. The highest BCUT2D eigenvalue weighted by Crippen LogP contribution is 2.42. The minimum Gasteiger partial charge on any atom is -0.478 e. The Labute approximate surface area is 232 Å². The van der Waals surface area contributed by atoms with E-state index in [4.69, 9.17) is 46.4 Å². The van der Waals surface area contributed by atoms with Crippen LogP contribution in [0, 0.1) is 6.92 Å². The number of hydrogen-bond acceptors (Lipinski definition) is 4. The Kier molecular flexibility index (Phi) is 9.55. The summed E-state index contributed by atoms with van der Waals surface area (Å²) in [6.07, 6.45) is 0.568. The Bertz CT molecular complexity index is 1350. The number of aryl methyl sites for hydroxylation is 1. The smallest absolute Gasteiger partial charge is 0.338 e. The van der Waals surface area contributed by atoms with Gasteiger partial charge in [0.1, 0.15) is 0 Å². The number of nitrogens with one attached hydrogen (secondary N) is 2. The Balaban J connectivity index is 1.81. The zero-order valence-electron chi connectivity index (χ0n) is 19.0. The number of carbonyl (C=O) groups excluding carboxylic acids is 2. The van der Waals surface area contributed by atoms with Crippen molar-refractivity contribution in [2.75, 3.05) is 10.6 Å². The molecule has 1 atom stereocenters. The maximum absolute atomic E-state index is 13.0. The van der Waals surface area contributed by atoms with Crippen LogP contribution in [0.3, 0.4) is 0 Å². The third-order valence-corrected chi connectivity index (χ3v) is 8.19. The molecule has 3 rings (SSSR count). The molecule has 1 unspecified atom stereocenters. The largest absolute Gasteiger partial charge is 0.478 e. The highest BCUT2D eigenvalue weighted by Gasteiger charge is 2.29. The molecule has 0 aliphatic rings. The fourth-order valence-corrected chi connectivity index (χ4v) is 5.35. The number of thioether (sulfide) groups is 1. The van der Waals surface area contributed by atoms with Crippen LogP contribution in [-0.2, 0) is 4.79 Å². The van der Waals surface area contributed by atoms with Crippen LogP contribution in [0.4, 0.5) is 11.4 Å². The predicted octanol–water partition coefficient (Wildman–Crippen LogP) is 8.07. The molecule has 3 N–H and O–H groups in total. The van der Waals surface area contributed by atoms with E-state index in [0.29, 0.717) is 17.8 Å². The maximum atomic E-state index is 13.0. The second-order valence-corrected chi connectivity index (χ2v) is 10.5. The van der Waals surface area contributed by atoms with Gasteiger partial charge in [-0.3, -0.25) is 9.59 Å². The topological polar surface area (TPSA) is 95.5 Å². The third-order valence-electron chi connectivity index (χ3n) is 5.03. The van der Waals surface area contributed by atoms with E-state index in [1.165, 1.54) is 11.8 Å². The standard InChI is InChI=1S/C25H20Cl4N2O4S/c1-3-16(23(32)30-13-7-4-6-12(2)10-13)36-15-9-5-8-14(11-15)31-24(33)17-18(25(34)35)20(27)22(29)21(28)19(17)26/h4-11,16H,3H2,1-2H3,(H,30,32)(H,31,33)(H,34,35). The van der Waals surface area contributed by atoms with Gasteiger partial charge in [0.15, 0.2) is 0 Å². The molecule has 11 heteroatoms. The first kappa shape index (κ1) is 28.2. The molecule has 0 heterocycles. The van der Waals surface area contributed by atoms with Gasteiger partial charge < -0.3 is 15.7 Å². The van der Waals surface area contributed by atoms with Crippen LogP contribution < -0.4 is 10.6 Å². The summed E-state index contributed by atoms with van der Waals surface area (Å²) in [4.78, 5) is 38.3. The third kappa shape index (κ3) is 6.47. The lowest BCUT2D eigenvalue weighted by atomic mass is 10.1. The van der Waals surface area contributed by atoms with E-state index in [1.807, 2.05) is 38.1 Å². The van der Waals surface area contributed by atoms with Gasteiger partial charge in [0.05, 0.1) is 36.5 Å². The highest BCUT2D eigenvalue weighted by molar-refractivity contribution is 8.00. The van der Waals surface area contributed by atoms with Gasteiger partial charge in [0.2, 0.25) is 5.91 Å². The molecule has 188 valence electrons. The molecule has 0 aromatic heterocycles. The number of rotatable bonds is 8. The quantitative estimate of drug-likeness (QED) is 0.141. The molecule has 3 aromatic carbocycles. The number of amides is 2. The number of carbonyl (C=O) groups is 3. The van der Waals surface area contributed by atoms with Gasteiger partial charge in [-0.1, -0.05) is 71.5 Å². The van der Waals surface area contributed by atoms with Crippen molar-refractivity contribution >= 4 is 87.3 Å². The average Bonchev–Trinajstić information content (AvgIpc) is 2.83. The molecule has 0 fully saturated rings. The molecule has 0 radical (unpaired) electrons. The summed E-state index contributed by atoms with van der Waals surface area (Å²) in [7, 11) is 0. The van der Waals surface area contributed by atoms with E-state index in [-0.39, 0.29) is 21.0 Å². The van der Waals surface area contributed by atoms with Crippen molar-refractivity contribution in [2.45, 2.75) is 30.4 Å². The lowest BCUT2D eigenvalue weighted by molar-refractivity contribution is -0.115. The fraction of sp³-hybridized carbons (Fsp3) is 0.160. The van der Waals surface area contributed by atoms with E-state index in [2.05, 4.69) is 10.6 Å². The fourth-order valence-electron chi connectivity index (χ4n) is 3.32. The SMILES string of the molecule is CCC(Sc1cccc(NC(=O)c2c(Cl)c(Cl)c(Cl)c(Cl)c2C(=O)O)c1)C(=O)Nc1cccc(C)c1. The first-order valence-corrected chi connectivity index (χ1v) is 13.0. The number of carboxylic acid groups (broad SMARTS) is 1. The summed E-state index contributed by atoms with van der Waals surface area (Å²) in [5, 5.41) is 13.5. The first-order chi connectivity index (χ1) is 17.0. The molecule has 0 saturated heterocycles. The van der Waals surface area contributed by atoms with Crippen LogP contribution >= 0.6 is 58.2 Å². The Morgan fingerprint density at radius 2 is 1.44 bits per heavy atom.